The molecule has 0 atom stereocenters. The van der Waals surface area contributed by atoms with Gasteiger partial charge in [-0.2, -0.15) is 0 Å². The Labute approximate surface area is 138 Å². The molecule has 0 bridgehead atoms. The Balaban J connectivity index is 1.79. The lowest BCUT2D eigenvalue weighted by Gasteiger charge is -2.06. The maximum Gasteiger partial charge on any atom is 0.123 e. The molecule has 5 heteroatoms. The number of imidazole rings is 1. The molecule has 0 N–H and O–H groups in total. The average molecular weight is 321 g/mol. The smallest absolute Gasteiger partial charge is 0.123 e. The van der Waals surface area contributed by atoms with Crippen LogP contribution in [0.4, 0.5) is 0 Å². The summed E-state index contributed by atoms with van der Waals surface area (Å²) in [5.74, 6) is 0. The monoisotopic (exact) mass is 321 g/mol. The molecule has 4 rings (SSSR count). The summed E-state index contributed by atoms with van der Waals surface area (Å²) in [6.07, 6.45) is 3.69. The molecule has 4 aromatic rings. The van der Waals surface area contributed by atoms with Crippen molar-refractivity contribution in [2.45, 2.75) is 6.61 Å². The summed E-state index contributed by atoms with van der Waals surface area (Å²) in [6.45, 7) is 0.600. The summed E-state index contributed by atoms with van der Waals surface area (Å²) >= 11 is 1.64. The van der Waals surface area contributed by atoms with Crippen LogP contribution in [0.15, 0.2) is 60.4 Å². The highest BCUT2D eigenvalue weighted by Crippen LogP contribution is 2.26. The Hall–Kier alpha value is -2.50. The van der Waals surface area contributed by atoms with E-state index in [0.717, 1.165) is 32.9 Å². The van der Waals surface area contributed by atoms with Crippen molar-refractivity contribution in [3.05, 3.63) is 65.9 Å². The topological polar surface area (TPSA) is 39.9 Å². The van der Waals surface area contributed by atoms with E-state index in [-0.39, 0.29) is 0 Å². The van der Waals surface area contributed by atoms with Crippen molar-refractivity contribution in [1.82, 2.24) is 14.5 Å². The predicted octanol–water partition coefficient (Wildman–Crippen LogP) is 4.30. The van der Waals surface area contributed by atoms with Gasteiger partial charge in [0, 0.05) is 29.9 Å². The molecule has 2 aromatic carbocycles. The molecule has 2 aromatic heterocycles. The lowest BCUT2D eigenvalue weighted by molar-refractivity contribution is 0.185. The summed E-state index contributed by atoms with van der Waals surface area (Å²) in [6, 6.07) is 14.6. The molecule has 0 amide bonds. The van der Waals surface area contributed by atoms with Gasteiger partial charge in [-0.3, -0.25) is 4.57 Å². The first-order chi connectivity index (χ1) is 11.3. The molecule has 0 saturated carbocycles. The minimum Gasteiger partial charge on any atom is -0.380 e. The number of aromatic nitrogens is 3. The molecule has 0 fully saturated rings. The van der Waals surface area contributed by atoms with Crippen LogP contribution in [-0.4, -0.2) is 21.6 Å². The zero-order valence-electron chi connectivity index (χ0n) is 12.6. The zero-order chi connectivity index (χ0) is 15.6. The fourth-order valence-corrected chi connectivity index (χ4v) is 3.31. The van der Waals surface area contributed by atoms with Gasteiger partial charge in [0.25, 0.3) is 0 Å². The Morgan fingerprint density at radius 1 is 1.13 bits per heavy atom. The van der Waals surface area contributed by atoms with Crippen molar-refractivity contribution in [2.24, 2.45) is 0 Å². The highest BCUT2D eigenvalue weighted by molar-refractivity contribution is 7.13. The SMILES string of the molecule is COCc1ccc2c(c1)ncn2-c1cccc(-c2nccs2)c1. The molecule has 0 unspecified atom stereocenters. The number of hydrogen-bond acceptors (Lipinski definition) is 4. The largest absolute Gasteiger partial charge is 0.380 e. The van der Waals surface area contributed by atoms with E-state index < -0.39 is 0 Å². The van der Waals surface area contributed by atoms with Crippen molar-refractivity contribution in [3.8, 4) is 16.3 Å². The first kappa shape index (κ1) is 14.1. The second-order valence-electron chi connectivity index (χ2n) is 5.26. The zero-order valence-corrected chi connectivity index (χ0v) is 13.5. The van der Waals surface area contributed by atoms with Crippen LogP contribution in [-0.2, 0) is 11.3 Å². The van der Waals surface area contributed by atoms with E-state index >= 15 is 0 Å². The van der Waals surface area contributed by atoms with Crippen molar-refractivity contribution < 1.29 is 4.74 Å². The molecule has 0 aliphatic heterocycles. The van der Waals surface area contributed by atoms with Gasteiger partial charge in [0.1, 0.15) is 11.3 Å². The van der Waals surface area contributed by atoms with E-state index in [4.69, 9.17) is 4.74 Å². The van der Waals surface area contributed by atoms with Crippen molar-refractivity contribution >= 4 is 22.4 Å². The van der Waals surface area contributed by atoms with Gasteiger partial charge in [-0.05, 0) is 29.8 Å². The van der Waals surface area contributed by atoms with E-state index in [1.54, 1.807) is 18.4 Å². The fraction of sp³-hybridized carbons (Fsp3) is 0.111. The van der Waals surface area contributed by atoms with Gasteiger partial charge in [-0.25, -0.2) is 9.97 Å². The van der Waals surface area contributed by atoms with Crippen LogP contribution in [0.1, 0.15) is 5.56 Å². The molecule has 114 valence electrons. The molecule has 0 spiro atoms. The number of thiazole rings is 1. The van der Waals surface area contributed by atoms with Crippen LogP contribution >= 0.6 is 11.3 Å². The summed E-state index contributed by atoms with van der Waals surface area (Å²) in [5.41, 5.74) is 5.39. The van der Waals surface area contributed by atoms with E-state index in [9.17, 15) is 0 Å². The molecule has 0 aliphatic rings. The van der Waals surface area contributed by atoms with Crippen LogP contribution in [0.25, 0.3) is 27.3 Å². The molecule has 0 saturated heterocycles. The van der Waals surface area contributed by atoms with Gasteiger partial charge in [-0.1, -0.05) is 18.2 Å². The van der Waals surface area contributed by atoms with Crippen molar-refractivity contribution in [1.29, 1.82) is 0 Å². The predicted molar refractivity (Wildman–Crippen MR) is 92.9 cm³/mol. The van der Waals surface area contributed by atoms with Crippen LogP contribution in [0, 0.1) is 0 Å². The lowest BCUT2D eigenvalue weighted by Crippen LogP contribution is -1.93. The summed E-state index contributed by atoms with van der Waals surface area (Å²) in [5, 5.41) is 3.02. The molecular formula is C18H15N3OS. The first-order valence-electron chi connectivity index (χ1n) is 7.30. The summed E-state index contributed by atoms with van der Waals surface area (Å²) < 4.78 is 7.29. The summed E-state index contributed by atoms with van der Waals surface area (Å²) in [4.78, 5) is 8.91. The third-order valence-corrected chi connectivity index (χ3v) is 4.55. The third-order valence-electron chi connectivity index (χ3n) is 3.73. The lowest BCUT2D eigenvalue weighted by atomic mass is 10.2. The standard InChI is InChI=1S/C18H15N3OS/c1-22-11-13-5-6-17-16(9-13)20-12-21(17)15-4-2-3-14(10-15)18-19-7-8-23-18/h2-10,12H,11H2,1H3. The highest BCUT2D eigenvalue weighted by Gasteiger charge is 2.07. The second kappa shape index (κ2) is 5.95. The third kappa shape index (κ3) is 2.65. The van der Waals surface area contributed by atoms with Gasteiger partial charge in [0.05, 0.1) is 17.6 Å². The maximum atomic E-state index is 5.18. The van der Waals surface area contributed by atoms with E-state index in [0.29, 0.717) is 6.61 Å². The van der Waals surface area contributed by atoms with Gasteiger partial charge in [0.2, 0.25) is 0 Å². The number of nitrogens with zero attached hydrogens (tertiary/aromatic N) is 3. The quantitative estimate of drug-likeness (QED) is 0.563. The van der Waals surface area contributed by atoms with Gasteiger partial charge >= 0.3 is 0 Å². The fourth-order valence-electron chi connectivity index (χ4n) is 2.68. The van der Waals surface area contributed by atoms with Crippen LogP contribution in [0.5, 0.6) is 0 Å². The highest BCUT2D eigenvalue weighted by atomic mass is 32.1. The second-order valence-corrected chi connectivity index (χ2v) is 6.15. The molecule has 23 heavy (non-hydrogen) atoms. The van der Waals surface area contributed by atoms with E-state index in [1.165, 1.54) is 0 Å². The first-order valence-corrected chi connectivity index (χ1v) is 8.18. The number of hydrogen-bond donors (Lipinski definition) is 0. The van der Waals surface area contributed by atoms with Crippen molar-refractivity contribution in [3.63, 3.8) is 0 Å². The number of benzene rings is 2. The Morgan fingerprint density at radius 2 is 2.09 bits per heavy atom. The van der Waals surface area contributed by atoms with Crippen LogP contribution in [0.2, 0.25) is 0 Å². The Bertz CT molecular complexity index is 944. The number of ether oxygens (including phenoxy) is 1. The molecular weight excluding hydrogens is 306 g/mol. The van der Waals surface area contributed by atoms with E-state index in [2.05, 4.69) is 57.0 Å². The Kier molecular flexibility index (Phi) is 3.65. The molecule has 2 heterocycles. The van der Waals surface area contributed by atoms with Crippen LogP contribution in [0.3, 0.4) is 0 Å². The Morgan fingerprint density at radius 3 is 2.91 bits per heavy atom. The van der Waals surface area contributed by atoms with Crippen molar-refractivity contribution in [2.75, 3.05) is 7.11 Å². The molecule has 4 nitrogen and oxygen atoms in total. The molecule has 0 aliphatic carbocycles. The molecule has 0 radical (unpaired) electrons. The van der Waals surface area contributed by atoms with E-state index in [1.807, 2.05) is 17.9 Å². The number of fused-ring (bicyclic) bond motifs is 1. The minimum atomic E-state index is 0.600. The van der Waals surface area contributed by atoms with Crippen LogP contribution < -0.4 is 0 Å². The average Bonchev–Trinajstić information content (AvgIpc) is 3.25. The van der Waals surface area contributed by atoms with Gasteiger partial charge in [-0.15, -0.1) is 11.3 Å². The maximum absolute atomic E-state index is 5.18. The number of rotatable bonds is 4. The minimum absolute atomic E-state index is 0.600. The van der Waals surface area contributed by atoms with Gasteiger partial charge < -0.3 is 4.74 Å². The number of methoxy groups -OCH3 is 1. The van der Waals surface area contributed by atoms with Gasteiger partial charge in [0.15, 0.2) is 0 Å². The summed E-state index contributed by atoms with van der Waals surface area (Å²) in [7, 11) is 1.70. The normalized spacial score (nSPS) is 11.2.